The van der Waals surface area contributed by atoms with Gasteiger partial charge in [-0.2, -0.15) is 5.26 Å². The normalized spacial score (nSPS) is 31.4. The largest absolute Gasteiger partial charge is 0.294 e. The Bertz CT molecular complexity index is 636. The molecule has 2 heterocycles. The highest BCUT2D eigenvalue weighted by Crippen LogP contribution is 2.38. The van der Waals surface area contributed by atoms with Crippen LogP contribution in [0.2, 0.25) is 0 Å². The molecule has 2 saturated heterocycles. The molecule has 0 saturated carbocycles. The number of nitrogens with zero attached hydrogens (tertiary/aromatic N) is 1. The van der Waals surface area contributed by atoms with E-state index in [1.807, 2.05) is 6.07 Å². The van der Waals surface area contributed by atoms with Crippen LogP contribution < -0.4 is 0 Å². The highest BCUT2D eigenvalue weighted by Gasteiger charge is 2.40. The van der Waals surface area contributed by atoms with Crippen molar-refractivity contribution in [3.8, 4) is 6.07 Å². The van der Waals surface area contributed by atoms with E-state index in [0.717, 1.165) is 25.3 Å². The van der Waals surface area contributed by atoms with Gasteiger partial charge in [0.25, 0.3) is 0 Å². The Labute approximate surface area is 125 Å². The molecule has 2 unspecified atom stereocenters. The number of ketones is 1. The van der Waals surface area contributed by atoms with Gasteiger partial charge in [-0.15, -0.1) is 0 Å². The molecule has 5 heteroatoms. The average Bonchev–Trinajstić information content (AvgIpc) is 2.46. The van der Waals surface area contributed by atoms with Crippen LogP contribution in [-0.4, -0.2) is 20.5 Å². The van der Waals surface area contributed by atoms with Gasteiger partial charge in [0, 0.05) is 32.8 Å². The second kappa shape index (κ2) is 5.69. The van der Waals surface area contributed by atoms with Gasteiger partial charge in [0.1, 0.15) is 5.82 Å². The zero-order valence-electron chi connectivity index (χ0n) is 11.5. The van der Waals surface area contributed by atoms with Gasteiger partial charge in [-0.25, -0.2) is 4.39 Å². The second-order valence-electron chi connectivity index (χ2n) is 5.84. The molecule has 0 aromatic heterocycles. The van der Waals surface area contributed by atoms with Crippen LogP contribution >= 0.6 is 0 Å². The van der Waals surface area contributed by atoms with E-state index >= 15 is 0 Å². The quantitative estimate of drug-likeness (QED) is 0.789. The smallest absolute Gasteiger partial charge is 0.167 e. The van der Waals surface area contributed by atoms with Crippen LogP contribution in [0.3, 0.4) is 0 Å². The Kier molecular flexibility index (Phi) is 3.90. The Balaban J connectivity index is 1.87. The van der Waals surface area contributed by atoms with Crippen LogP contribution in [0, 0.1) is 23.1 Å². The number of benzene rings is 1. The van der Waals surface area contributed by atoms with Gasteiger partial charge in [0.15, 0.2) is 5.78 Å². The summed E-state index contributed by atoms with van der Waals surface area (Å²) in [4.78, 5) is 12.7. The number of hydrogen-bond donors (Lipinski definition) is 0. The van der Waals surface area contributed by atoms with E-state index in [2.05, 4.69) is 0 Å². The summed E-state index contributed by atoms with van der Waals surface area (Å²) in [6, 6.07) is 5.62. The van der Waals surface area contributed by atoms with Gasteiger partial charge in [-0.05, 0) is 43.9 Å². The van der Waals surface area contributed by atoms with E-state index in [9.17, 15) is 13.4 Å². The topological polar surface area (TPSA) is 57.9 Å². The SMILES string of the molecule is N#Cc1cc(F)ccc1C(=O)C1CC2CCCC(C1)S2=O. The average molecular weight is 305 g/mol. The minimum atomic E-state index is -0.818. The van der Waals surface area contributed by atoms with Crippen molar-refractivity contribution in [3.05, 3.63) is 35.1 Å². The number of carbonyl (C=O) groups excluding carboxylic acids is 1. The number of carbonyl (C=O) groups is 1. The molecule has 0 radical (unpaired) electrons. The Morgan fingerprint density at radius 1 is 1.29 bits per heavy atom. The molecule has 2 aliphatic heterocycles. The molecule has 3 rings (SSSR count). The van der Waals surface area contributed by atoms with Gasteiger partial charge >= 0.3 is 0 Å². The fourth-order valence-corrected chi connectivity index (χ4v) is 5.68. The molecule has 2 atom stereocenters. The molecule has 3 nitrogen and oxygen atoms in total. The lowest BCUT2D eigenvalue weighted by atomic mass is 9.83. The first-order chi connectivity index (χ1) is 10.1. The molecule has 110 valence electrons. The molecular formula is C16H16FNO2S. The standard InChI is InChI=1S/C16H16FNO2S/c17-12-4-5-15(11(6-12)9-18)16(19)10-7-13-2-1-3-14(8-10)21(13)20/h4-6,10,13-14H,1-3,7-8H2. The first kappa shape index (κ1) is 14.4. The number of hydrogen-bond acceptors (Lipinski definition) is 3. The van der Waals surface area contributed by atoms with Crippen LogP contribution in [0.1, 0.15) is 48.0 Å². The minimum absolute atomic E-state index is 0.0943. The minimum Gasteiger partial charge on any atom is -0.294 e. The molecule has 2 fully saturated rings. The highest BCUT2D eigenvalue weighted by atomic mass is 32.2. The van der Waals surface area contributed by atoms with Crippen molar-refractivity contribution in [3.63, 3.8) is 0 Å². The number of halogens is 1. The van der Waals surface area contributed by atoms with Crippen molar-refractivity contribution in [1.82, 2.24) is 0 Å². The van der Waals surface area contributed by atoms with E-state index in [4.69, 9.17) is 5.26 Å². The summed E-state index contributed by atoms with van der Waals surface area (Å²) in [6.07, 6.45) is 4.18. The van der Waals surface area contributed by atoms with E-state index < -0.39 is 16.6 Å². The van der Waals surface area contributed by atoms with Crippen LogP contribution in [0.4, 0.5) is 4.39 Å². The Morgan fingerprint density at radius 2 is 1.95 bits per heavy atom. The van der Waals surface area contributed by atoms with E-state index in [0.29, 0.717) is 18.4 Å². The van der Waals surface area contributed by atoms with Gasteiger partial charge in [-0.1, -0.05) is 6.42 Å². The maximum absolute atomic E-state index is 13.2. The second-order valence-corrected chi connectivity index (χ2v) is 7.83. The van der Waals surface area contributed by atoms with Crippen molar-refractivity contribution in [2.75, 3.05) is 0 Å². The monoisotopic (exact) mass is 305 g/mol. The third-order valence-corrected chi connectivity index (χ3v) is 6.71. The summed E-state index contributed by atoms with van der Waals surface area (Å²) in [7, 11) is -0.818. The van der Waals surface area contributed by atoms with Crippen molar-refractivity contribution < 1.29 is 13.4 Å². The molecule has 0 aliphatic carbocycles. The number of nitriles is 1. The van der Waals surface area contributed by atoms with Crippen LogP contribution in [0.25, 0.3) is 0 Å². The fourth-order valence-electron chi connectivity index (χ4n) is 3.49. The first-order valence-electron chi connectivity index (χ1n) is 7.23. The van der Waals surface area contributed by atoms with Crippen LogP contribution in [-0.2, 0) is 10.8 Å². The molecule has 21 heavy (non-hydrogen) atoms. The number of fused-ring (bicyclic) bond motifs is 2. The molecule has 0 N–H and O–H groups in total. The van der Waals surface area contributed by atoms with Crippen LogP contribution in [0.15, 0.2) is 18.2 Å². The lowest BCUT2D eigenvalue weighted by molar-refractivity contribution is 0.0895. The molecular weight excluding hydrogens is 289 g/mol. The first-order valence-corrected chi connectivity index (χ1v) is 8.51. The van der Waals surface area contributed by atoms with Crippen molar-refractivity contribution in [1.29, 1.82) is 5.26 Å². The van der Waals surface area contributed by atoms with Gasteiger partial charge in [0.05, 0.1) is 11.6 Å². The Hall–Kier alpha value is -1.54. The summed E-state index contributed by atoms with van der Waals surface area (Å²) in [5.74, 6) is -0.791. The summed E-state index contributed by atoms with van der Waals surface area (Å²) >= 11 is 0. The zero-order chi connectivity index (χ0) is 15.0. The van der Waals surface area contributed by atoms with E-state index in [1.165, 1.54) is 12.1 Å². The van der Waals surface area contributed by atoms with Gasteiger partial charge in [0.2, 0.25) is 0 Å². The number of rotatable bonds is 2. The highest BCUT2D eigenvalue weighted by molar-refractivity contribution is 7.86. The molecule has 1 aromatic rings. The summed E-state index contributed by atoms with van der Waals surface area (Å²) in [5.41, 5.74) is 0.395. The summed E-state index contributed by atoms with van der Waals surface area (Å²) in [6.45, 7) is 0. The lowest BCUT2D eigenvalue weighted by Crippen LogP contribution is -2.41. The molecule has 2 bridgehead atoms. The maximum atomic E-state index is 13.2. The Morgan fingerprint density at radius 3 is 2.57 bits per heavy atom. The zero-order valence-corrected chi connectivity index (χ0v) is 12.4. The summed E-state index contributed by atoms with van der Waals surface area (Å²) in [5, 5.41) is 9.29. The predicted molar refractivity (Wildman–Crippen MR) is 77.7 cm³/mol. The van der Waals surface area contributed by atoms with E-state index in [-0.39, 0.29) is 27.8 Å². The third-order valence-electron chi connectivity index (χ3n) is 4.54. The summed E-state index contributed by atoms with van der Waals surface area (Å²) < 4.78 is 25.4. The van der Waals surface area contributed by atoms with Crippen molar-refractivity contribution >= 4 is 16.6 Å². The predicted octanol–water partition coefficient (Wildman–Crippen LogP) is 2.96. The van der Waals surface area contributed by atoms with Crippen LogP contribution in [0.5, 0.6) is 0 Å². The van der Waals surface area contributed by atoms with Gasteiger partial charge < -0.3 is 0 Å². The van der Waals surface area contributed by atoms with Crippen molar-refractivity contribution in [2.45, 2.75) is 42.6 Å². The molecule has 0 amide bonds. The fraction of sp³-hybridized carbons (Fsp3) is 0.500. The third kappa shape index (κ3) is 2.65. The number of Topliss-reactive ketones (excluding diaryl/α,β-unsaturated/α-hetero) is 1. The molecule has 0 spiro atoms. The van der Waals surface area contributed by atoms with Gasteiger partial charge in [-0.3, -0.25) is 9.00 Å². The lowest BCUT2D eigenvalue weighted by Gasteiger charge is -2.37. The molecule has 2 aliphatic rings. The van der Waals surface area contributed by atoms with Crippen molar-refractivity contribution in [2.24, 2.45) is 5.92 Å². The maximum Gasteiger partial charge on any atom is 0.167 e. The molecule has 1 aromatic carbocycles. The van der Waals surface area contributed by atoms with E-state index in [1.54, 1.807) is 0 Å².